The predicted molar refractivity (Wildman–Crippen MR) is 109 cm³/mol. The van der Waals surface area contributed by atoms with Gasteiger partial charge in [0.1, 0.15) is 5.82 Å². The molecule has 0 unspecified atom stereocenters. The molecule has 1 aromatic carbocycles. The average molecular weight is 357 g/mol. The molecular formula is C21H32N4O. The van der Waals surface area contributed by atoms with Crippen LogP contribution in [0.25, 0.3) is 17.1 Å². The van der Waals surface area contributed by atoms with Crippen LogP contribution < -0.4 is 5.32 Å². The lowest BCUT2D eigenvalue weighted by Crippen LogP contribution is -2.27. The standard InChI is InChI=1S/C21H32N4O/c1-5-8-9-20-23-18-16-17(11-13-21(26)22-4)10-12-19(18)25(20)15-14-24(6-2)7-3/h10-13,16H,5-9,14-15H2,1-4H3,(H,22,26)/b13-11+. The number of aryl methyl sites for hydroxylation is 1. The van der Waals surface area contributed by atoms with Gasteiger partial charge in [-0.2, -0.15) is 0 Å². The summed E-state index contributed by atoms with van der Waals surface area (Å²) in [4.78, 5) is 18.7. The molecular weight excluding hydrogens is 324 g/mol. The SMILES string of the molecule is CCCCc1nc2cc(/C=C/C(=O)NC)ccc2n1CCN(CC)CC. The van der Waals surface area contributed by atoms with Gasteiger partial charge in [-0.05, 0) is 43.3 Å². The summed E-state index contributed by atoms with van der Waals surface area (Å²) in [6.07, 6.45) is 6.71. The highest BCUT2D eigenvalue weighted by atomic mass is 16.1. The Labute approximate surface area is 157 Å². The zero-order valence-corrected chi connectivity index (χ0v) is 16.6. The molecule has 0 spiro atoms. The van der Waals surface area contributed by atoms with Crippen LogP contribution in [0, 0.1) is 0 Å². The number of carbonyl (C=O) groups is 1. The minimum absolute atomic E-state index is 0.0986. The molecule has 0 aliphatic carbocycles. The van der Waals surface area contributed by atoms with Gasteiger partial charge in [0.05, 0.1) is 11.0 Å². The van der Waals surface area contributed by atoms with Crippen molar-refractivity contribution in [3.63, 3.8) is 0 Å². The summed E-state index contributed by atoms with van der Waals surface area (Å²) >= 11 is 0. The molecule has 0 radical (unpaired) electrons. The molecule has 0 aliphatic rings. The molecule has 142 valence electrons. The number of benzene rings is 1. The van der Waals surface area contributed by atoms with Gasteiger partial charge in [-0.3, -0.25) is 4.79 Å². The van der Waals surface area contributed by atoms with Crippen molar-refractivity contribution in [3.05, 3.63) is 35.7 Å². The van der Waals surface area contributed by atoms with Crippen LogP contribution >= 0.6 is 0 Å². The first-order valence-electron chi connectivity index (χ1n) is 9.74. The second kappa shape index (κ2) is 10.1. The van der Waals surface area contributed by atoms with E-state index in [0.29, 0.717) is 0 Å². The Bertz CT molecular complexity index is 744. The fourth-order valence-electron chi connectivity index (χ4n) is 3.11. The molecule has 0 saturated carbocycles. The van der Waals surface area contributed by atoms with Gasteiger partial charge < -0.3 is 14.8 Å². The van der Waals surface area contributed by atoms with Gasteiger partial charge >= 0.3 is 0 Å². The number of aromatic nitrogens is 2. The Morgan fingerprint density at radius 3 is 2.69 bits per heavy atom. The highest BCUT2D eigenvalue weighted by Gasteiger charge is 2.11. The molecule has 1 amide bonds. The van der Waals surface area contributed by atoms with Gasteiger partial charge in [0.15, 0.2) is 0 Å². The molecule has 0 atom stereocenters. The normalized spacial score (nSPS) is 11.7. The van der Waals surface area contributed by atoms with Crippen LogP contribution in [-0.4, -0.2) is 47.0 Å². The van der Waals surface area contributed by atoms with E-state index in [2.05, 4.69) is 53.8 Å². The fraction of sp³-hybridized carbons (Fsp3) is 0.524. The molecule has 0 aliphatic heterocycles. The lowest BCUT2D eigenvalue weighted by molar-refractivity contribution is -0.115. The Balaban J connectivity index is 2.31. The second-order valence-corrected chi connectivity index (χ2v) is 6.51. The molecule has 0 saturated heterocycles. The molecule has 1 aromatic heterocycles. The lowest BCUT2D eigenvalue weighted by atomic mass is 10.2. The van der Waals surface area contributed by atoms with Crippen LogP contribution in [0.15, 0.2) is 24.3 Å². The van der Waals surface area contributed by atoms with E-state index in [1.807, 2.05) is 6.08 Å². The molecule has 2 aromatic rings. The van der Waals surface area contributed by atoms with E-state index in [9.17, 15) is 4.79 Å². The van der Waals surface area contributed by atoms with Crippen LogP contribution in [0.3, 0.4) is 0 Å². The average Bonchev–Trinajstić information content (AvgIpc) is 3.01. The van der Waals surface area contributed by atoms with Crippen LogP contribution in [0.2, 0.25) is 0 Å². The molecule has 1 N–H and O–H groups in total. The van der Waals surface area contributed by atoms with E-state index in [0.717, 1.165) is 50.1 Å². The Morgan fingerprint density at radius 1 is 1.27 bits per heavy atom. The van der Waals surface area contributed by atoms with E-state index in [4.69, 9.17) is 4.98 Å². The maximum atomic E-state index is 11.4. The first kappa shape index (κ1) is 20.2. The maximum absolute atomic E-state index is 11.4. The van der Waals surface area contributed by atoms with Crippen LogP contribution in [-0.2, 0) is 17.8 Å². The predicted octanol–water partition coefficient (Wildman–Crippen LogP) is 3.48. The van der Waals surface area contributed by atoms with E-state index in [1.165, 1.54) is 17.8 Å². The number of hydrogen-bond donors (Lipinski definition) is 1. The highest BCUT2D eigenvalue weighted by molar-refractivity contribution is 5.92. The van der Waals surface area contributed by atoms with Crippen molar-refractivity contribution in [1.82, 2.24) is 19.8 Å². The van der Waals surface area contributed by atoms with E-state index < -0.39 is 0 Å². The van der Waals surface area contributed by atoms with Gasteiger partial charge in [0.25, 0.3) is 0 Å². The number of imidazole rings is 1. The summed E-state index contributed by atoms with van der Waals surface area (Å²) in [7, 11) is 1.63. The lowest BCUT2D eigenvalue weighted by Gasteiger charge is -2.19. The number of nitrogens with one attached hydrogen (secondary N) is 1. The number of fused-ring (bicyclic) bond motifs is 1. The van der Waals surface area contributed by atoms with Crippen molar-refractivity contribution in [2.45, 2.75) is 46.6 Å². The smallest absolute Gasteiger partial charge is 0.243 e. The molecule has 26 heavy (non-hydrogen) atoms. The Kier molecular flexibility index (Phi) is 7.85. The van der Waals surface area contributed by atoms with Crippen molar-refractivity contribution in [3.8, 4) is 0 Å². The molecule has 2 rings (SSSR count). The number of carbonyl (C=O) groups excluding carboxylic acids is 1. The summed E-state index contributed by atoms with van der Waals surface area (Å²) in [6.45, 7) is 10.8. The van der Waals surface area contributed by atoms with Crippen molar-refractivity contribution in [2.75, 3.05) is 26.7 Å². The van der Waals surface area contributed by atoms with Crippen molar-refractivity contribution in [1.29, 1.82) is 0 Å². The van der Waals surface area contributed by atoms with E-state index in [-0.39, 0.29) is 5.91 Å². The molecule has 0 bridgehead atoms. The van der Waals surface area contributed by atoms with Gasteiger partial charge in [0.2, 0.25) is 5.91 Å². The summed E-state index contributed by atoms with van der Waals surface area (Å²) in [5.74, 6) is 1.07. The third kappa shape index (κ3) is 5.18. The number of hydrogen-bond acceptors (Lipinski definition) is 3. The molecule has 5 nitrogen and oxygen atoms in total. The van der Waals surface area contributed by atoms with Gasteiger partial charge in [-0.25, -0.2) is 4.98 Å². The fourth-order valence-corrected chi connectivity index (χ4v) is 3.11. The van der Waals surface area contributed by atoms with Crippen LogP contribution in [0.4, 0.5) is 0 Å². The number of likely N-dealkylation sites (N-methyl/N-ethyl adjacent to an activating group) is 2. The summed E-state index contributed by atoms with van der Waals surface area (Å²) in [5.41, 5.74) is 3.19. The van der Waals surface area contributed by atoms with Crippen LogP contribution in [0.5, 0.6) is 0 Å². The van der Waals surface area contributed by atoms with Crippen molar-refractivity contribution in [2.24, 2.45) is 0 Å². The zero-order valence-electron chi connectivity index (χ0n) is 16.6. The number of amides is 1. The van der Waals surface area contributed by atoms with Crippen molar-refractivity contribution < 1.29 is 4.79 Å². The monoisotopic (exact) mass is 356 g/mol. The summed E-state index contributed by atoms with van der Waals surface area (Å²) in [6, 6.07) is 6.25. The maximum Gasteiger partial charge on any atom is 0.243 e. The minimum Gasteiger partial charge on any atom is -0.356 e. The number of nitrogens with zero attached hydrogens (tertiary/aromatic N) is 3. The first-order valence-corrected chi connectivity index (χ1v) is 9.74. The molecule has 0 fully saturated rings. The molecule has 1 heterocycles. The van der Waals surface area contributed by atoms with Gasteiger partial charge in [-0.1, -0.05) is 33.3 Å². The number of rotatable bonds is 10. The quantitative estimate of drug-likeness (QED) is 0.663. The second-order valence-electron chi connectivity index (χ2n) is 6.51. The largest absolute Gasteiger partial charge is 0.356 e. The Morgan fingerprint density at radius 2 is 2.04 bits per heavy atom. The topological polar surface area (TPSA) is 50.2 Å². The third-order valence-electron chi connectivity index (χ3n) is 4.81. The zero-order chi connectivity index (χ0) is 18.9. The summed E-state index contributed by atoms with van der Waals surface area (Å²) in [5, 5.41) is 2.60. The third-order valence-corrected chi connectivity index (χ3v) is 4.81. The van der Waals surface area contributed by atoms with E-state index >= 15 is 0 Å². The number of unbranched alkanes of at least 4 members (excludes halogenated alkanes) is 1. The molecule has 5 heteroatoms. The van der Waals surface area contributed by atoms with Gasteiger partial charge in [0, 0.05) is 32.6 Å². The highest BCUT2D eigenvalue weighted by Crippen LogP contribution is 2.20. The van der Waals surface area contributed by atoms with E-state index in [1.54, 1.807) is 13.1 Å². The minimum atomic E-state index is -0.0986. The van der Waals surface area contributed by atoms with Gasteiger partial charge in [-0.15, -0.1) is 0 Å². The Hall–Kier alpha value is -2.14. The van der Waals surface area contributed by atoms with Crippen LogP contribution in [0.1, 0.15) is 45.0 Å². The summed E-state index contributed by atoms with van der Waals surface area (Å²) < 4.78 is 2.37. The van der Waals surface area contributed by atoms with Crippen molar-refractivity contribution >= 4 is 23.0 Å². The first-order chi connectivity index (χ1) is 12.6.